The smallest absolute Gasteiger partial charge is 0.266 e. The molecule has 0 atom stereocenters. The second kappa shape index (κ2) is 9.24. The van der Waals surface area contributed by atoms with Gasteiger partial charge in [0, 0.05) is 37.7 Å². The minimum Gasteiger partial charge on any atom is -0.386 e. The third-order valence-electron chi connectivity index (χ3n) is 3.71. The topological polar surface area (TPSA) is 69.0 Å². The van der Waals surface area contributed by atoms with Gasteiger partial charge in [-0.2, -0.15) is 5.26 Å². The van der Waals surface area contributed by atoms with Crippen molar-refractivity contribution >= 4 is 5.91 Å². The maximum atomic E-state index is 12.7. The molecule has 0 aliphatic heterocycles. The summed E-state index contributed by atoms with van der Waals surface area (Å²) in [4.78, 5) is 18.5. The van der Waals surface area contributed by atoms with E-state index in [0.29, 0.717) is 13.1 Å². The highest BCUT2D eigenvalue weighted by Crippen LogP contribution is 2.12. The number of rotatable bonds is 7. The van der Waals surface area contributed by atoms with E-state index in [9.17, 15) is 10.1 Å². The van der Waals surface area contributed by atoms with Crippen LogP contribution in [0.4, 0.5) is 0 Å². The number of hydrogen-bond donors (Lipinski definition) is 1. The van der Waals surface area contributed by atoms with Crippen molar-refractivity contribution in [3.8, 4) is 6.07 Å². The Morgan fingerprint density at radius 3 is 2.56 bits per heavy atom. The number of pyridine rings is 1. The molecule has 0 aliphatic carbocycles. The van der Waals surface area contributed by atoms with E-state index in [1.54, 1.807) is 17.3 Å². The fourth-order valence-electron chi connectivity index (χ4n) is 2.34. The third kappa shape index (κ3) is 5.47. The average Bonchev–Trinajstić information content (AvgIpc) is 2.64. The summed E-state index contributed by atoms with van der Waals surface area (Å²) in [6, 6.07) is 15.5. The van der Waals surface area contributed by atoms with Gasteiger partial charge in [0.1, 0.15) is 11.6 Å². The number of carbonyl (C=O) groups is 1. The maximum absolute atomic E-state index is 12.7. The molecule has 0 saturated carbocycles. The van der Waals surface area contributed by atoms with E-state index in [0.717, 1.165) is 11.1 Å². The third-order valence-corrected chi connectivity index (χ3v) is 3.71. The van der Waals surface area contributed by atoms with E-state index in [2.05, 4.69) is 10.3 Å². The number of amides is 1. The molecule has 1 aromatic heterocycles. The molecule has 0 bridgehead atoms. The van der Waals surface area contributed by atoms with Crippen LogP contribution in [0.3, 0.4) is 0 Å². The van der Waals surface area contributed by atoms with E-state index in [1.165, 1.54) is 6.20 Å². The number of benzene rings is 1. The van der Waals surface area contributed by atoms with Crippen LogP contribution in [0.1, 0.15) is 25.0 Å². The van der Waals surface area contributed by atoms with Crippen LogP contribution in [-0.2, 0) is 17.9 Å². The van der Waals surface area contributed by atoms with Crippen molar-refractivity contribution in [3.05, 3.63) is 77.8 Å². The first kappa shape index (κ1) is 18.2. The van der Waals surface area contributed by atoms with Crippen molar-refractivity contribution < 1.29 is 4.79 Å². The fraction of sp³-hybridized carbons (Fsp3) is 0.250. The van der Waals surface area contributed by atoms with Crippen LogP contribution in [0.15, 0.2) is 66.6 Å². The Bertz CT molecular complexity index is 748. The van der Waals surface area contributed by atoms with Crippen molar-refractivity contribution in [1.29, 1.82) is 5.26 Å². The molecule has 0 aliphatic rings. The van der Waals surface area contributed by atoms with Gasteiger partial charge >= 0.3 is 0 Å². The molecule has 0 radical (unpaired) electrons. The van der Waals surface area contributed by atoms with Crippen molar-refractivity contribution in [2.24, 2.45) is 0 Å². The van der Waals surface area contributed by atoms with E-state index < -0.39 is 0 Å². The zero-order valence-corrected chi connectivity index (χ0v) is 14.5. The monoisotopic (exact) mass is 334 g/mol. The van der Waals surface area contributed by atoms with Gasteiger partial charge in [-0.3, -0.25) is 9.78 Å². The lowest BCUT2D eigenvalue weighted by atomic mass is 10.1. The zero-order valence-electron chi connectivity index (χ0n) is 14.5. The van der Waals surface area contributed by atoms with Crippen LogP contribution < -0.4 is 5.32 Å². The average molecular weight is 334 g/mol. The van der Waals surface area contributed by atoms with Crippen LogP contribution in [0.25, 0.3) is 0 Å². The highest BCUT2D eigenvalue weighted by atomic mass is 16.2. The molecule has 1 aromatic carbocycles. The van der Waals surface area contributed by atoms with Gasteiger partial charge in [0.05, 0.1) is 0 Å². The van der Waals surface area contributed by atoms with Crippen molar-refractivity contribution in [3.63, 3.8) is 0 Å². The lowest BCUT2D eigenvalue weighted by Crippen LogP contribution is -2.37. The first-order chi connectivity index (χ1) is 12.1. The van der Waals surface area contributed by atoms with Gasteiger partial charge in [-0.05, 0) is 31.0 Å². The van der Waals surface area contributed by atoms with Crippen molar-refractivity contribution in [1.82, 2.24) is 15.2 Å². The maximum Gasteiger partial charge on any atom is 0.266 e. The molecule has 0 fully saturated rings. The van der Waals surface area contributed by atoms with Gasteiger partial charge in [0.25, 0.3) is 5.91 Å². The predicted molar refractivity (Wildman–Crippen MR) is 96.9 cm³/mol. The number of carbonyl (C=O) groups excluding carboxylic acids is 1. The largest absolute Gasteiger partial charge is 0.386 e. The summed E-state index contributed by atoms with van der Waals surface area (Å²) < 4.78 is 0. The number of aromatic nitrogens is 1. The summed E-state index contributed by atoms with van der Waals surface area (Å²) >= 11 is 0. The van der Waals surface area contributed by atoms with Crippen LogP contribution in [0, 0.1) is 11.3 Å². The van der Waals surface area contributed by atoms with Gasteiger partial charge < -0.3 is 10.2 Å². The molecule has 0 saturated heterocycles. The van der Waals surface area contributed by atoms with Gasteiger partial charge in [-0.15, -0.1) is 0 Å². The van der Waals surface area contributed by atoms with E-state index in [-0.39, 0.29) is 17.5 Å². The van der Waals surface area contributed by atoms with Gasteiger partial charge in [-0.25, -0.2) is 0 Å². The molecular formula is C20H22N4O. The first-order valence-corrected chi connectivity index (χ1v) is 8.19. The molecule has 5 heteroatoms. The Labute approximate surface area is 148 Å². The number of nitrogens with zero attached hydrogens (tertiary/aromatic N) is 3. The number of nitrogens with one attached hydrogen (secondary N) is 1. The highest BCUT2D eigenvalue weighted by Gasteiger charge is 2.21. The standard InChI is InChI=1S/C20H22N4O/c1-16(2)24(15-17-7-4-3-5-8-17)20(25)19(11-21)14-23-13-18-9-6-10-22-12-18/h3-10,12,14,16,23H,13,15H2,1-2H3/b19-14-. The second-order valence-corrected chi connectivity index (χ2v) is 5.92. The molecule has 128 valence electrons. The Morgan fingerprint density at radius 2 is 1.96 bits per heavy atom. The molecule has 1 amide bonds. The molecule has 5 nitrogen and oxygen atoms in total. The minimum absolute atomic E-state index is 0.0113. The Kier molecular flexibility index (Phi) is 6.73. The summed E-state index contributed by atoms with van der Waals surface area (Å²) in [5, 5.41) is 12.4. The van der Waals surface area contributed by atoms with Crippen LogP contribution >= 0.6 is 0 Å². The SMILES string of the molecule is CC(C)N(Cc1ccccc1)C(=O)/C(C#N)=C\NCc1cccnc1. The van der Waals surface area contributed by atoms with Crippen LogP contribution in [-0.4, -0.2) is 21.8 Å². The predicted octanol–water partition coefficient (Wildman–Crippen LogP) is 3.02. The lowest BCUT2D eigenvalue weighted by molar-refractivity contribution is -0.129. The van der Waals surface area contributed by atoms with E-state index >= 15 is 0 Å². The molecule has 0 unspecified atom stereocenters. The van der Waals surface area contributed by atoms with Gasteiger partial charge in [0.15, 0.2) is 0 Å². The van der Waals surface area contributed by atoms with E-state index in [1.807, 2.05) is 62.4 Å². The molecule has 1 N–H and O–H groups in total. The minimum atomic E-state index is -0.278. The summed E-state index contributed by atoms with van der Waals surface area (Å²) in [6.45, 7) is 4.86. The molecular weight excluding hydrogens is 312 g/mol. The Morgan fingerprint density at radius 1 is 1.24 bits per heavy atom. The molecule has 2 rings (SSSR count). The molecule has 0 spiro atoms. The Balaban J connectivity index is 2.07. The first-order valence-electron chi connectivity index (χ1n) is 8.19. The molecule has 1 heterocycles. The summed E-state index contributed by atoms with van der Waals surface area (Å²) in [6.07, 6.45) is 4.92. The quantitative estimate of drug-likeness (QED) is 0.624. The van der Waals surface area contributed by atoms with Crippen LogP contribution in [0.2, 0.25) is 0 Å². The molecule has 25 heavy (non-hydrogen) atoms. The highest BCUT2D eigenvalue weighted by molar-refractivity contribution is 5.97. The summed E-state index contributed by atoms with van der Waals surface area (Å²) in [5.74, 6) is -0.278. The van der Waals surface area contributed by atoms with Gasteiger partial charge in [-0.1, -0.05) is 36.4 Å². The summed E-state index contributed by atoms with van der Waals surface area (Å²) in [5.41, 5.74) is 2.10. The zero-order chi connectivity index (χ0) is 18.1. The second-order valence-electron chi connectivity index (χ2n) is 5.92. The number of nitriles is 1. The van der Waals surface area contributed by atoms with Crippen molar-refractivity contribution in [2.45, 2.75) is 33.0 Å². The Hall–Kier alpha value is -3.13. The normalized spacial score (nSPS) is 11.0. The van der Waals surface area contributed by atoms with E-state index in [4.69, 9.17) is 0 Å². The van der Waals surface area contributed by atoms with Gasteiger partial charge in [0.2, 0.25) is 0 Å². The summed E-state index contributed by atoms with van der Waals surface area (Å²) in [7, 11) is 0. The lowest BCUT2D eigenvalue weighted by Gasteiger charge is -2.26. The van der Waals surface area contributed by atoms with Crippen molar-refractivity contribution in [2.75, 3.05) is 0 Å². The van der Waals surface area contributed by atoms with Crippen LogP contribution in [0.5, 0.6) is 0 Å². The molecule has 2 aromatic rings. The number of hydrogen-bond acceptors (Lipinski definition) is 4. The fourth-order valence-corrected chi connectivity index (χ4v) is 2.34.